The maximum atomic E-state index is 11.8. The van der Waals surface area contributed by atoms with Crippen molar-refractivity contribution in [1.82, 2.24) is 15.5 Å². The molecule has 0 aliphatic rings. The minimum Gasteiger partial charge on any atom is -0.480 e. The average molecular weight is 253 g/mol. The van der Waals surface area contributed by atoms with E-state index in [2.05, 4.69) is 15.5 Å². The molecule has 1 rings (SSSR count). The first-order valence-corrected chi connectivity index (χ1v) is 5.39. The molecule has 1 aromatic heterocycles. The average Bonchev–Trinajstić information content (AvgIpc) is 2.31. The molecule has 0 saturated carbocycles. The third-order valence-electron chi connectivity index (χ3n) is 2.10. The lowest BCUT2D eigenvalue weighted by molar-refractivity contribution is -0.142. The van der Waals surface area contributed by atoms with Crippen LogP contribution in [-0.4, -0.2) is 46.9 Å². The third-order valence-corrected chi connectivity index (χ3v) is 2.10. The van der Waals surface area contributed by atoms with Gasteiger partial charge in [0.15, 0.2) is 0 Å². The van der Waals surface area contributed by atoms with Crippen molar-refractivity contribution >= 4 is 11.9 Å². The highest BCUT2D eigenvalue weighted by Gasteiger charge is 2.10. The second-order valence-electron chi connectivity index (χ2n) is 3.69. The summed E-state index contributed by atoms with van der Waals surface area (Å²) in [5, 5.41) is 18.6. The van der Waals surface area contributed by atoms with Crippen molar-refractivity contribution in [3.63, 3.8) is 0 Å². The van der Waals surface area contributed by atoms with E-state index in [1.54, 1.807) is 19.9 Å². The molecule has 0 aliphatic heterocycles. The van der Waals surface area contributed by atoms with Crippen molar-refractivity contribution in [2.45, 2.75) is 13.8 Å². The summed E-state index contributed by atoms with van der Waals surface area (Å²) >= 11 is 0. The highest BCUT2D eigenvalue weighted by molar-refractivity contribution is 5.95. The van der Waals surface area contributed by atoms with Crippen LogP contribution in [0.4, 0.5) is 0 Å². The molecule has 1 amide bonds. The Bertz CT molecular complexity index is 448. The molecule has 18 heavy (non-hydrogen) atoms. The number of amides is 1. The Morgan fingerprint density at radius 2 is 2.11 bits per heavy atom. The van der Waals surface area contributed by atoms with E-state index >= 15 is 0 Å². The van der Waals surface area contributed by atoms with Gasteiger partial charge in [0.25, 0.3) is 5.91 Å². The number of hydrogen-bond acceptors (Lipinski definition) is 5. The lowest BCUT2D eigenvalue weighted by Crippen LogP contribution is -2.29. The van der Waals surface area contributed by atoms with Gasteiger partial charge in [-0.2, -0.15) is 10.2 Å². The maximum Gasteiger partial charge on any atom is 0.329 e. The number of nitrogens with zero attached hydrogens (tertiary/aromatic N) is 2. The topological polar surface area (TPSA) is 101 Å². The smallest absolute Gasteiger partial charge is 0.329 e. The van der Waals surface area contributed by atoms with Crippen LogP contribution in [0.15, 0.2) is 6.07 Å². The van der Waals surface area contributed by atoms with E-state index in [1.165, 1.54) is 0 Å². The van der Waals surface area contributed by atoms with E-state index in [0.717, 1.165) is 0 Å². The SMILES string of the molecule is Cc1cc(C(=O)NCCOCC(=O)O)c(C)nn1. The quantitative estimate of drug-likeness (QED) is 0.688. The molecule has 0 unspecified atom stereocenters. The Morgan fingerprint density at radius 3 is 2.78 bits per heavy atom. The standard InChI is InChI=1S/C11H15N3O4/c1-7-5-9(8(2)14-13-7)11(17)12-3-4-18-6-10(15)16/h5H,3-4,6H2,1-2H3,(H,12,17)(H,15,16). The van der Waals surface area contributed by atoms with Gasteiger partial charge in [0.1, 0.15) is 6.61 Å². The van der Waals surface area contributed by atoms with Crippen LogP contribution in [0.5, 0.6) is 0 Å². The van der Waals surface area contributed by atoms with Crippen LogP contribution in [-0.2, 0) is 9.53 Å². The first kappa shape index (κ1) is 14.0. The summed E-state index contributed by atoms with van der Waals surface area (Å²) in [4.78, 5) is 21.9. The number of nitrogens with one attached hydrogen (secondary N) is 1. The normalized spacial score (nSPS) is 10.1. The predicted octanol–water partition coefficient (Wildman–Crippen LogP) is -0.0756. The van der Waals surface area contributed by atoms with Gasteiger partial charge in [-0.15, -0.1) is 0 Å². The van der Waals surface area contributed by atoms with E-state index in [-0.39, 0.29) is 25.7 Å². The monoisotopic (exact) mass is 253 g/mol. The highest BCUT2D eigenvalue weighted by atomic mass is 16.5. The number of hydrogen-bond donors (Lipinski definition) is 2. The van der Waals surface area contributed by atoms with E-state index in [1.807, 2.05) is 0 Å². The summed E-state index contributed by atoms with van der Waals surface area (Å²) in [7, 11) is 0. The van der Waals surface area contributed by atoms with E-state index in [4.69, 9.17) is 9.84 Å². The number of aliphatic carboxylic acids is 1. The molecule has 7 heteroatoms. The minimum absolute atomic E-state index is 0.147. The van der Waals surface area contributed by atoms with Crippen molar-refractivity contribution in [2.24, 2.45) is 0 Å². The fourth-order valence-corrected chi connectivity index (χ4v) is 1.27. The summed E-state index contributed by atoms with van der Waals surface area (Å²) in [6.45, 7) is 3.47. The van der Waals surface area contributed by atoms with E-state index in [9.17, 15) is 9.59 Å². The van der Waals surface area contributed by atoms with Crippen molar-refractivity contribution in [3.05, 3.63) is 23.0 Å². The Balaban J connectivity index is 2.41. The van der Waals surface area contributed by atoms with Crippen LogP contribution in [0, 0.1) is 13.8 Å². The molecule has 1 heterocycles. The zero-order valence-electron chi connectivity index (χ0n) is 10.3. The lowest BCUT2D eigenvalue weighted by atomic mass is 10.2. The predicted molar refractivity (Wildman–Crippen MR) is 62.3 cm³/mol. The number of aromatic nitrogens is 2. The summed E-state index contributed by atoms with van der Waals surface area (Å²) in [5.74, 6) is -1.31. The van der Waals surface area contributed by atoms with Crippen LogP contribution in [0.1, 0.15) is 21.7 Å². The molecule has 0 bridgehead atoms. The largest absolute Gasteiger partial charge is 0.480 e. The van der Waals surface area contributed by atoms with Crippen molar-refractivity contribution in [3.8, 4) is 0 Å². The zero-order chi connectivity index (χ0) is 13.5. The number of carbonyl (C=O) groups excluding carboxylic acids is 1. The number of aryl methyl sites for hydroxylation is 2. The molecular formula is C11H15N3O4. The molecule has 0 radical (unpaired) electrons. The van der Waals surface area contributed by atoms with Gasteiger partial charge in [0.05, 0.1) is 23.6 Å². The number of carboxylic acid groups (broad SMARTS) is 1. The Labute approximate surface area is 104 Å². The zero-order valence-corrected chi connectivity index (χ0v) is 10.3. The Kier molecular flexibility index (Phi) is 5.19. The van der Waals surface area contributed by atoms with Crippen LogP contribution in [0.3, 0.4) is 0 Å². The molecule has 2 N–H and O–H groups in total. The number of carboxylic acids is 1. The molecule has 1 aromatic rings. The van der Waals surface area contributed by atoms with Gasteiger partial charge in [0.2, 0.25) is 0 Å². The Morgan fingerprint density at radius 1 is 1.39 bits per heavy atom. The van der Waals surface area contributed by atoms with Crippen LogP contribution < -0.4 is 5.32 Å². The summed E-state index contributed by atoms with van der Waals surface area (Å²) in [5.41, 5.74) is 1.66. The highest BCUT2D eigenvalue weighted by Crippen LogP contribution is 2.04. The number of ether oxygens (including phenoxy) is 1. The molecule has 98 valence electrons. The van der Waals surface area contributed by atoms with Gasteiger partial charge in [-0.3, -0.25) is 4.79 Å². The van der Waals surface area contributed by atoms with Gasteiger partial charge < -0.3 is 15.2 Å². The number of rotatable bonds is 6. The molecular weight excluding hydrogens is 238 g/mol. The molecule has 0 saturated heterocycles. The molecule has 7 nitrogen and oxygen atoms in total. The molecule has 0 atom stereocenters. The van der Waals surface area contributed by atoms with Crippen LogP contribution in [0.2, 0.25) is 0 Å². The van der Waals surface area contributed by atoms with Gasteiger partial charge >= 0.3 is 5.97 Å². The van der Waals surface area contributed by atoms with Crippen molar-refractivity contribution < 1.29 is 19.4 Å². The summed E-state index contributed by atoms with van der Waals surface area (Å²) < 4.78 is 4.79. The molecule has 0 aliphatic carbocycles. The third kappa shape index (κ3) is 4.46. The summed E-state index contributed by atoms with van der Waals surface area (Å²) in [6.07, 6.45) is 0. The molecule has 0 fully saturated rings. The van der Waals surface area contributed by atoms with Crippen molar-refractivity contribution in [2.75, 3.05) is 19.8 Å². The van der Waals surface area contributed by atoms with Crippen LogP contribution >= 0.6 is 0 Å². The van der Waals surface area contributed by atoms with Gasteiger partial charge in [-0.05, 0) is 19.9 Å². The second kappa shape index (κ2) is 6.65. The first-order chi connectivity index (χ1) is 8.50. The van der Waals surface area contributed by atoms with Gasteiger partial charge in [-0.1, -0.05) is 0 Å². The Hall–Kier alpha value is -2.02. The van der Waals surface area contributed by atoms with Gasteiger partial charge in [-0.25, -0.2) is 4.79 Å². The fourth-order valence-electron chi connectivity index (χ4n) is 1.27. The summed E-state index contributed by atoms with van der Waals surface area (Å²) in [6, 6.07) is 1.65. The van der Waals surface area contributed by atoms with Gasteiger partial charge in [0, 0.05) is 6.54 Å². The second-order valence-corrected chi connectivity index (χ2v) is 3.69. The molecule has 0 aromatic carbocycles. The van der Waals surface area contributed by atoms with E-state index in [0.29, 0.717) is 17.0 Å². The fraction of sp³-hybridized carbons (Fsp3) is 0.455. The minimum atomic E-state index is -1.04. The van der Waals surface area contributed by atoms with Crippen molar-refractivity contribution in [1.29, 1.82) is 0 Å². The van der Waals surface area contributed by atoms with E-state index < -0.39 is 5.97 Å². The lowest BCUT2D eigenvalue weighted by Gasteiger charge is -2.07. The number of carbonyl (C=O) groups is 2. The molecule has 0 spiro atoms. The maximum absolute atomic E-state index is 11.8. The first-order valence-electron chi connectivity index (χ1n) is 5.39. The van der Waals surface area contributed by atoms with Crippen LogP contribution in [0.25, 0.3) is 0 Å².